The molecule has 1 aromatic carbocycles. The molecule has 0 aliphatic carbocycles. The van der Waals surface area contributed by atoms with Crippen LogP contribution in [0.4, 0.5) is 0 Å². The van der Waals surface area contributed by atoms with E-state index in [0.717, 1.165) is 25.9 Å². The standard InChI is InChI=1S/C17H24NO2P/c1-10(2)5-12-9-18-4-3-11-6-15(19)16(20)7-13(11)14(18)8-17(12)21/h6-7,10,12,14,19-21H,3-5,8-9H2,1-2H3/t12-,14?/m0/s1. The topological polar surface area (TPSA) is 43.7 Å². The molecule has 0 radical (unpaired) electrons. The first-order chi connectivity index (χ1) is 9.95. The lowest BCUT2D eigenvalue weighted by Gasteiger charge is -2.44. The highest BCUT2D eigenvalue weighted by molar-refractivity contribution is 7.21. The van der Waals surface area contributed by atoms with Gasteiger partial charge in [0.15, 0.2) is 11.5 Å². The van der Waals surface area contributed by atoms with Crippen LogP contribution in [0.3, 0.4) is 0 Å². The van der Waals surface area contributed by atoms with Gasteiger partial charge in [-0.2, -0.15) is 0 Å². The summed E-state index contributed by atoms with van der Waals surface area (Å²) in [5.74, 6) is 1.31. The van der Waals surface area contributed by atoms with E-state index < -0.39 is 0 Å². The number of phenolic OH excluding ortho intramolecular Hbond substituents is 2. The van der Waals surface area contributed by atoms with Gasteiger partial charge in [0.25, 0.3) is 0 Å². The van der Waals surface area contributed by atoms with Crippen molar-refractivity contribution in [3.8, 4) is 11.5 Å². The first kappa shape index (κ1) is 14.9. The molecule has 0 amide bonds. The lowest BCUT2D eigenvalue weighted by molar-refractivity contribution is 0.149. The molecule has 0 saturated carbocycles. The fourth-order valence-corrected chi connectivity index (χ4v) is 4.19. The van der Waals surface area contributed by atoms with Crippen LogP contribution in [0, 0.1) is 11.8 Å². The number of nitrogens with zero attached hydrogens (tertiary/aromatic N) is 1. The van der Waals surface area contributed by atoms with E-state index in [9.17, 15) is 10.2 Å². The van der Waals surface area contributed by atoms with E-state index in [2.05, 4.69) is 27.6 Å². The number of rotatable bonds is 2. The average Bonchev–Trinajstić information content (AvgIpc) is 2.41. The van der Waals surface area contributed by atoms with Crippen LogP contribution in [-0.2, 0) is 6.42 Å². The Bertz CT molecular complexity index is 570. The van der Waals surface area contributed by atoms with Crippen LogP contribution in [0.25, 0.3) is 0 Å². The van der Waals surface area contributed by atoms with Crippen molar-refractivity contribution in [1.82, 2.24) is 4.90 Å². The molecule has 2 heterocycles. The summed E-state index contributed by atoms with van der Waals surface area (Å²) in [4.78, 5) is 2.54. The van der Waals surface area contributed by atoms with Gasteiger partial charge in [-0.25, -0.2) is 0 Å². The third-order valence-corrected chi connectivity index (χ3v) is 5.43. The molecule has 1 fully saturated rings. The zero-order valence-corrected chi connectivity index (χ0v) is 13.8. The SMILES string of the molecule is CC(C)C[C@H]1CN2CCc3cc(O)c(O)cc3C2CC1=P. The average molecular weight is 305 g/mol. The van der Waals surface area contributed by atoms with Crippen molar-refractivity contribution < 1.29 is 10.2 Å². The highest BCUT2D eigenvalue weighted by atomic mass is 31.0. The molecule has 0 aromatic heterocycles. The highest BCUT2D eigenvalue weighted by Gasteiger charge is 2.36. The maximum Gasteiger partial charge on any atom is 0.157 e. The van der Waals surface area contributed by atoms with E-state index in [1.54, 1.807) is 12.1 Å². The van der Waals surface area contributed by atoms with Gasteiger partial charge in [0.2, 0.25) is 0 Å². The zero-order valence-electron chi connectivity index (χ0n) is 12.8. The summed E-state index contributed by atoms with van der Waals surface area (Å²) < 4.78 is 0. The summed E-state index contributed by atoms with van der Waals surface area (Å²) in [5.41, 5.74) is 2.35. The summed E-state index contributed by atoms with van der Waals surface area (Å²) >= 11 is 0. The van der Waals surface area contributed by atoms with E-state index in [1.165, 1.54) is 22.8 Å². The molecule has 0 spiro atoms. The molecule has 2 aliphatic heterocycles. The van der Waals surface area contributed by atoms with Crippen LogP contribution >= 0.6 is 8.86 Å². The maximum absolute atomic E-state index is 9.81. The number of benzene rings is 1. The van der Waals surface area contributed by atoms with Gasteiger partial charge in [-0.3, -0.25) is 4.90 Å². The quantitative estimate of drug-likeness (QED) is 0.650. The summed E-state index contributed by atoms with van der Waals surface area (Å²) in [7, 11) is 3.86. The first-order valence-corrected chi connectivity index (χ1v) is 8.31. The molecule has 1 saturated heterocycles. The normalized spacial score (nSPS) is 25.8. The molecule has 3 nitrogen and oxygen atoms in total. The van der Waals surface area contributed by atoms with Crippen molar-refractivity contribution in [3.05, 3.63) is 23.3 Å². The van der Waals surface area contributed by atoms with E-state index in [1.807, 2.05) is 0 Å². The Labute approximate surface area is 128 Å². The Morgan fingerprint density at radius 3 is 2.71 bits per heavy atom. The molecule has 1 aromatic rings. The number of hydrogen-bond donors (Lipinski definition) is 2. The minimum absolute atomic E-state index is 0.00160. The summed E-state index contributed by atoms with van der Waals surface area (Å²) in [6.45, 7) is 6.68. The molecule has 2 N–H and O–H groups in total. The van der Waals surface area contributed by atoms with Crippen molar-refractivity contribution in [3.63, 3.8) is 0 Å². The first-order valence-electron chi connectivity index (χ1n) is 7.81. The van der Waals surface area contributed by atoms with Crippen LogP contribution in [0.5, 0.6) is 11.5 Å². The fourth-order valence-electron chi connectivity index (χ4n) is 3.79. The van der Waals surface area contributed by atoms with Crippen LogP contribution in [-0.4, -0.2) is 33.5 Å². The highest BCUT2D eigenvalue weighted by Crippen LogP contribution is 2.42. The van der Waals surface area contributed by atoms with E-state index in [0.29, 0.717) is 17.9 Å². The maximum atomic E-state index is 9.81. The molecule has 2 aliphatic rings. The van der Waals surface area contributed by atoms with Crippen molar-refractivity contribution in [2.75, 3.05) is 13.1 Å². The van der Waals surface area contributed by atoms with Crippen molar-refractivity contribution >= 4 is 14.2 Å². The minimum Gasteiger partial charge on any atom is -0.504 e. The molecular weight excluding hydrogens is 281 g/mol. The third-order valence-electron chi connectivity index (χ3n) is 4.82. The van der Waals surface area contributed by atoms with Gasteiger partial charge in [-0.15, -0.1) is 8.86 Å². The van der Waals surface area contributed by atoms with Crippen LogP contribution in [0.2, 0.25) is 0 Å². The lowest BCUT2D eigenvalue weighted by atomic mass is 9.80. The van der Waals surface area contributed by atoms with Gasteiger partial charge in [0, 0.05) is 19.1 Å². The Morgan fingerprint density at radius 2 is 2.00 bits per heavy atom. The largest absolute Gasteiger partial charge is 0.504 e. The third kappa shape index (κ3) is 2.82. The van der Waals surface area contributed by atoms with Crippen LogP contribution < -0.4 is 0 Å². The van der Waals surface area contributed by atoms with Crippen molar-refractivity contribution in [2.24, 2.45) is 11.8 Å². The van der Waals surface area contributed by atoms with Crippen LogP contribution in [0.1, 0.15) is 43.9 Å². The molecule has 1 unspecified atom stereocenters. The number of aromatic hydroxyl groups is 2. The minimum atomic E-state index is -0.00425. The lowest BCUT2D eigenvalue weighted by Crippen LogP contribution is -2.46. The smallest absolute Gasteiger partial charge is 0.157 e. The molecule has 2 atom stereocenters. The van der Waals surface area contributed by atoms with Gasteiger partial charge in [0.1, 0.15) is 0 Å². The second-order valence-corrected chi connectivity index (χ2v) is 7.50. The molecule has 114 valence electrons. The molecule has 0 bridgehead atoms. The molecule has 21 heavy (non-hydrogen) atoms. The van der Waals surface area contributed by atoms with Crippen molar-refractivity contribution in [1.29, 1.82) is 0 Å². The number of hydrogen-bond acceptors (Lipinski definition) is 3. The molecular formula is C17H24NO2P. The fraction of sp³-hybridized carbons (Fsp3) is 0.588. The summed E-state index contributed by atoms with van der Waals surface area (Å²) in [5, 5.41) is 20.9. The second kappa shape index (κ2) is 5.62. The zero-order chi connectivity index (χ0) is 15.1. The van der Waals surface area contributed by atoms with E-state index in [4.69, 9.17) is 0 Å². The number of phenols is 2. The van der Waals surface area contributed by atoms with Gasteiger partial charge < -0.3 is 10.2 Å². The monoisotopic (exact) mass is 305 g/mol. The predicted octanol–water partition coefficient (Wildman–Crippen LogP) is 3.38. The Balaban J connectivity index is 1.87. The van der Waals surface area contributed by atoms with E-state index in [-0.39, 0.29) is 11.5 Å². The second-order valence-electron chi connectivity index (χ2n) is 6.86. The number of fused-ring (bicyclic) bond motifs is 3. The molecule has 4 heteroatoms. The Hall–Kier alpha value is -1.05. The van der Waals surface area contributed by atoms with Gasteiger partial charge in [0.05, 0.1) is 0 Å². The summed E-state index contributed by atoms with van der Waals surface area (Å²) in [6.07, 6.45) is 3.16. The van der Waals surface area contributed by atoms with Gasteiger partial charge in [-0.1, -0.05) is 13.8 Å². The molecule has 3 rings (SSSR count). The Kier molecular flexibility index (Phi) is 3.98. The van der Waals surface area contributed by atoms with Gasteiger partial charge in [-0.05, 0) is 59.7 Å². The summed E-state index contributed by atoms with van der Waals surface area (Å²) in [6, 6.07) is 3.82. The predicted molar refractivity (Wildman–Crippen MR) is 88.7 cm³/mol. The van der Waals surface area contributed by atoms with Crippen LogP contribution in [0.15, 0.2) is 12.1 Å². The number of piperidine rings is 1. The van der Waals surface area contributed by atoms with E-state index >= 15 is 0 Å². The van der Waals surface area contributed by atoms with Gasteiger partial charge >= 0.3 is 0 Å². The Morgan fingerprint density at radius 1 is 1.29 bits per heavy atom. The van der Waals surface area contributed by atoms with Crippen molar-refractivity contribution in [2.45, 2.75) is 39.2 Å².